The van der Waals surface area contributed by atoms with Crippen molar-refractivity contribution in [3.8, 4) is 0 Å². The lowest BCUT2D eigenvalue weighted by Gasteiger charge is -2.32. The molecule has 0 unspecified atom stereocenters. The SMILES string of the molecule is CNC(=O)C1CCN(c2ncnc3sc4c(c23)CCCC4)CC1. The van der Waals surface area contributed by atoms with Gasteiger partial charge in [0.2, 0.25) is 5.91 Å². The number of aromatic nitrogens is 2. The first-order valence-electron chi connectivity index (χ1n) is 8.49. The van der Waals surface area contributed by atoms with Crippen LogP contribution in [0.3, 0.4) is 0 Å². The summed E-state index contributed by atoms with van der Waals surface area (Å²) in [4.78, 5) is 26.0. The van der Waals surface area contributed by atoms with E-state index >= 15 is 0 Å². The van der Waals surface area contributed by atoms with E-state index in [1.54, 1.807) is 13.4 Å². The van der Waals surface area contributed by atoms with Gasteiger partial charge >= 0.3 is 0 Å². The molecule has 0 atom stereocenters. The van der Waals surface area contributed by atoms with E-state index in [4.69, 9.17) is 0 Å². The minimum absolute atomic E-state index is 0.143. The number of hydrogen-bond acceptors (Lipinski definition) is 5. The molecule has 5 nitrogen and oxygen atoms in total. The van der Waals surface area contributed by atoms with Crippen molar-refractivity contribution >= 4 is 33.3 Å². The Kier molecular flexibility index (Phi) is 3.93. The van der Waals surface area contributed by atoms with Gasteiger partial charge in [-0.25, -0.2) is 9.97 Å². The summed E-state index contributed by atoms with van der Waals surface area (Å²) >= 11 is 1.85. The monoisotopic (exact) mass is 330 g/mol. The molecule has 3 heterocycles. The maximum Gasteiger partial charge on any atom is 0.222 e. The van der Waals surface area contributed by atoms with E-state index in [-0.39, 0.29) is 11.8 Å². The highest BCUT2D eigenvalue weighted by Crippen LogP contribution is 2.39. The Bertz CT molecular complexity index is 734. The summed E-state index contributed by atoms with van der Waals surface area (Å²) in [7, 11) is 1.72. The Hall–Kier alpha value is -1.69. The van der Waals surface area contributed by atoms with Crippen LogP contribution in [0.4, 0.5) is 5.82 Å². The van der Waals surface area contributed by atoms with E-state index < -0.39 is 0 Å². The predicted molar refractivity (Wildman–Crippen MR) is 93.1 cm³/mol. The van der Waals surface area contributed by atoms with Gasteiger partial charge in [0.1, 0.15) is 17.0 Å². The van der Waals surface area contributed by atoms with Crippen LogP contribution >= 0.6 is 11.3 Å². The number of rotatable bonds is 2. The molecule has 1 aliphatic heterocycles. The average molecular weight is 330 g/mol. The van der Waals surface area contributed by atoms with E-state index in [2.05, 4.69) is 20.2 Å². The first kappa shape index (κ1) is 14.9. The summed E-state index contributed by atoms with van der Waals surface area (Å²) in [6.45, 7) is 1.80. The van der Waals surface area contributed by atoms with Crippen LogP contribution in [0.2, 0.25) is 0 Å². The zero-order valence-corrected chi connectivity index (χ0v) is 14.3. The number of nitrogens with one attached hydrogen (secondary N) is 1. The molecular weight excluding hydrogens is 308 g/mol. The lowest BCUT2D eigenvalue weighted by Crippen LogP contribution is -2.40. The van der Waals surface area contributed by atoms with Crippen LogP contribution < -0.4 is 10.2 Å². The minimum atomic E-state index is 0.143. The molecule has 1 fully saturated rings. The summed E-state index contributed by atoms with van der Waals surface area (Å²) in [6, 6.07) is 0. The van der Waals surface area contributed by atoms with Gasteiger partial charge in [-0.1, -0.05) is 0 Å². The number of thiophene rings is 1. The van der Waals surface area contributed by atoms with E-state index in [0.29, 0.717) is 0 Å². The van der Waals surface area contributed by atoms with E-state index in [1.807, 2.05) is 11.3 Å². The number of amides is 1. The van der Waals surface area contributed by atoms with Gasteiger partial charge in [-0.2, -0.15) is 0 Å². The third-order valence-electron chi connectivity index (χ3n) is 5.14. The van der Waals surface area contributed by atoms with Crippen LogP contribution in [0.5, 0.6) is 0 Å². The van der Waals surface area contributed by atoms with Crippen molar-refractivity contribution in [3.63, 3.8) is 0 Å². The molecule has 2 aromatic heterocycles. The smallest absolute Gasteiger partial charge is 0.222 e. The Morgan fingerprint density at radius 1 is 1.26 bits per heavy atom. The van der Waals surface area contributed by atoms with Gasteiger partial charge in [0.15, 0.2) is 0 Å². The third-order valence-corrected chi connectivity index (χ3v) is 6.34. The fourth-order valence-electron chi connectivity index (χ4n) is 3.87. The standard InChI is InChI=1S/C17H22N4OS/c1-18-16(22)11-6-8-21(9-7-11)15-14-12-4-2-3-5-13(12)23-17(14)20-10-19-15/h10-11H,2-9H2,1H3,(H,18,22). The van der Waals surface area contributed by atoms with Crippen molar-refractivity contribution in [1.29, 1.82) is 0 Å². The highest BCUT2D eigenvalue weighted by atomic mass is 32.1. The molecule has 1 amide bonds. The first-order chi connectivity index (χ1) is 11.3. The molecule has 0 saturated carbocycles. The topological polar surface area (TPSA) is 58.1 Å². The number of piperidine rings is 1. The van der Waals surface area contributed by atoms with Crippen LogP contribution in [-0.2, 0) is 17.6 Å². The molecule has 4 rings (SSSR count). The number of nitrogens with zero attached hydrogens (tertiary/aromatic N) is 3. The minimum Gasteiger partial charge on any atom is -0.359 e. The molecular formula is C17H22N4OS. The van der Waals surface area contributed by atoms with Crippen molar-refractivity contribution in [3.05, 3.63) is 16.8 Å². The maximum absolute atomic E-state index is 11.8. The predicted octanol–water partition coefficient (Wildman–Crippen LogP) is 2.53. The van der Waals surface area contributed by atoms with Gasteiger partial charge in [0, 0.05) is 30.9 Å². The summed E-state index contributed by atoms with van der Waals surface area (Å²) in [5.74, 6) is 1.40. The quantitative estimate of drug-likeness (QED) is 0.919. The number of hydrogen-bond donors (Lipinski definition) is 1. The molecule has 2 aromatic rings. The third kappa shape index (κ3) is 2.59. The van der Waals surface area contributed by atoms with Crippen molar-refractivity contribution in [2.24, 2.45) is 5.92 Å². The van der Waals surface area contributed by atoms with Crippen LogP contribution in [0.15, 0.2) is 6.33 Å². The summed E-state index contributed by atoms with van der Waals surface area (Å²) in [5, 5.41) is 4.06. The maximum atomic E-state index is 11.8. The second kappa shape index (κ2) is 6.07. The fraction of sp³-hybridized carbons (Fsp3) is 0.588. The Labute approximate surface area is 140 Å². The average Bonchev–Trinajstić information content (AvgIpc) is 3.00. The molecule has 0 radical (unpaired) electrons. The normalized spacial score (nSPS) is 18.9. The largest absolute Gasteiger partial charge is 0.359 e. The van der Waals surface area contributed by atoms with E-state index in [0.717, 1.165) is 43.0 Å². The van der Waals surface area contributed by atoms with Crippen molar-refractivity contribution in [2.45, 2.75) is 38.5 Å². The molecule has 2 aliphatic rings. The lowest BCUT2D eigenvalue weighted by atomic mass is 9.94. The van der Waals surface area contributed by atoms with Gasteiger partial charge < -0.3 is 10.2 Å². The molecule has 1 saturated heterocycles. The number of carbonyl (C=O) groups excluding carboxylic acids is 1. The summed E-state index contributed by atoms with van der Waals surface area (Å²) in [6.07, 6.45) is 8.41. The zero-order chi connectivity index (χ0) is 15.8. The van der Waals surface area contributed by atoms with Crippen LogP contribution in [-0.4, -0.2) is 36.0 Å². The molecule has 23 heavy (non-hydrogen) atoms. The summed E-state index contributed by atoms with van der Waals surface area (Å²) < 4.78 is 0. The van der Waals surface area contributed by atoms with E-state index in [1.165, 1.54) is 35.1 Å². The molecule has 1 aliphatic carbocycles. The highest BCUT2D eigenvalue weighted by Gasteiger charge is 2.28. The lowest BCUT2D eigenvalue weighted by molar-refractivity contribution is -0.125. The van der Waals surface area contributed by atoms with Crippen molar-refractivity contribution in [1.82, 2.24) is 15.3 Å². The van der Waals surface area contributed by atoms with Crippen LogP contribution in [0, 0.1) is 5.92 Å². The molecule has 1 N–H and O–H groups in total. The Morgan fingerprint density at radius 3 is 2.83 bits per heavy atom. The number of anilines is 1. The van der Waals surface area contributed by atoms with Gasteiger partial charge in [-0.15, -0.1) is 11.3 Å². The van der Waals surface area contributed by atoms with Gasteiger partial charge in [0.05, 0.1) is 5.39 Å². The van der Waals surface area contributed by atoms with Gasteiger partial charge in [-0.05, 0) is 44.1 Å². The molecule has 0 bridgehead atoms. The number of fused-ring (bicyclic) bond motifs is 3. The summed E-state index contributed by atoms with van der Waals surface area (Å²) in [5.41, 5.74) is 1.49. The second-order valence-electron chi connectivity index (χ2n) is 6.46. The van der Waals surface area contributed by atoms with E-state index in [9.17, 15) is 4.79 Å². The molecule has 0 spiro atoms. The van der Waals surface area contributed by atoms with Gasteiger partial charge in [-0.3, -0.25) is 4.79 Å². The molecule has 0 aromatic carbocycles. The Morgan fingerprint density at radius 2 is 2.04 bits per heavy atom. The number of carbonyl (C=O) groups is 1. The van der Waals surface area contributed by atoms with Crippen molar-refractivity contribution < 1.29 is 4.79 Å². The molecule has 122 valence electrons. The van der Waals surface area contributed by atoms with Crippen LogP contribution in [0.1, 0.15) is 36.1 Å². The fourth-order valence-corrected chi connectivity index (χ4v) is 5.09. The Balaban J connectivity index is 1.65. The van der Waals surface area contributed by atoms with Gasteiger partial charge in [0.25, 0.3) is 0 Å². The molecule has 6 heteroatoms. The first-order valence-corrected chi connectivity index (χ1v) is 9.31. The zero-order valence-electron chi connectivity index (χ0n) is 13.5. The van der Waals surface area contributed by atoms with Crippen molar-refractivity contribution in [2.75, 3.05) is 25.0 Å². The second-order valence-corrected chi connectivity index (χ2v) is 7.55. The van der Waals surface area contributed by atoms with Crippen LogP contribution in [0.25, 0.3) is 10.2 Å². The highest BCUT2D eigenvalue weighted by molar-refractivity contribution is 7.19. The number of aryl methyl sites for hydroxylation is 2.